The third-order valence-electron chi connectivity index (χ3n) is 4.96. The van der Waals surface area contributed by atoms with Crippen LogP contribution in [0.2, 0.25) is 0 Å². The molecular weight excluding hydrogens is 414 g/mol. The highest BCUT2D eigenvalue weighted by molar-refractivity contribution is 7.09. The third-order valence-corrected chi connectivity index (χ3v) is 5.82. The lowest BCUT2D eigenvalue weighted by Crippen LogP contribution is -2.49. The lowest BCUT2D eigenvalue weighted by Gasteiger charge is -2.31. The summed E-state index contributed by atoms with van der Waals surface area (Å²) in [6, 6.07) is 9.54. The van der Waals surface area contributed by atoms with Crippen molar-refractivity contribution >= 4 is 23.3 Å². The zero-order valence-electron chi connectivity index (χ0n) is 19.3. The molecule has 3 amide bonds. The second-order valence-electron chi connectivity index (χ2n) is 7.73. The summed E-state index contributed by atoms with van der Waals surface area (Å²) >= 11 is 1.62. The first-order chi connectivity index (χ1) is 14.8. The van der Waals surface area contributed by atoms with Crippen LogP contribution in [-0.4, -0.2) is 74.1 Å². The molecule has 2 rings (SSSR count). The summed E-state index contributed by atoms with van der Waals surface area (Å²) < 4.78 is 10.7. The molecule has 0 saturated carbocycles. The van der Waals surface area contributed by atoms with Gasteiger partial charge in [0, 0.05) is 31.6 Å². The van der Waals surface area contributed by atoms with E-state index < -0.39 is 0 Å². The predicted octanol–water partition coefficient (Wildman–Crippen LogP) is 3.73. The van der Waals surface area contributed by atoms with Crippen LogP contribution >= 0.6 is 11.3 Å². The van der Waals surface area contributed by atoms with E-state index in [1.165, 1.54) is 4.90 Å². The average molecular weight is 448 g/mol. The van der Waals surface area contributed by atoms with E-state index in [0.29, 0.717) is 31.0 Å². The zero-order valence-corrected chi connectivity index (χ0v) is 20.1. The van der Waals surface area contributed by atoms with Gasteiger partial charge in [-0.15, -0.1) is 11.3 Å². The van der Waals surface area contributed by atoms with E-state index in [0.717, 1.165) is 10.4 Å². The first-order valence-corrected chi connectivity index (χ1v) is 11.1. The Labute approximate surface area is 189 Å². The molecule has 170 valence electrons. The molecule has 0 N–H and O–H groups in total. The molecule has 0 atom stereocenters. The Bertz CT molecular complexity index is 853. The van der Waals surface area contributed by atoms with Crippen molar-refractivity contribution in [3.05, 3.63) is 46.2 Å². The Morgan fingerprint density at radius 2 is 1.77 bits per heavy atom. The molecule has 1 aromatic carbocycles. The van der Waals surface area contributed by atoms with Crippen LogP contribution in [0.25, 0.3) is 0 Å². The quantitative estimate of drug-likeness (QED) is 0.557. The number of carbonyl (C=O) groups excluding carboxylic acids is 2. The number of amides is 3. The summed E-state index contributed by atoms with van der Waals surface area (Å²) in [6.45, 7) is 4.94. The lowest BCUT2D eigenvalue weighted by molar-refractivity contribution is -0.132. The molecule has 0 aliphatic heterocycles. The molecule has 0 unspecified atom stereocenters. The summed E-state index contributed by atoms with van der Waals surface area (Å²) in [4.78, 5) is 31.8. The van der Waals surface area contributed by atoms with Gasteiger partial charge in [0.2, 0.25) is 5.91 Å². The molecule has 0 spiro atoms. The van der Waals surface area contributed by atoms with Crippen LogP contribution in [0.5, 0.6) is 11.5 Å². The van der Waals surface area contributed by atoms with E-state index in [-0.39, 0.29) is 24.5 Å². The number of rotatable bonds is 10. The summed E-state index contributed by atoms with van der Waals surface area (Å²) in [5.74, 6) is 1.27. The van der Waals surface area contributed by atoms with Gasteiger partial charge in [0.05, 0.1) is 20.8 Å². The number of urea groups is 1. The van der Waals surface area contributed by atoms with Crippen molar-refractivity contribution in [3.63, 3.8) is 0 Å². The monoisotopic (exact) mass is 447 g/mol. The molecule has 31 heavy (non-hydrogen) atoms. The van der Waals surface area contributed by atoms with Gasteiger partial charge in [-0.1, -0.05) is 12.1 Å². The van der Waals surface area contributed by atoms with E-state index in [1.807, 2.05) is 54.5 Å². The molecule has 1 aromatic heterocycles. The molecule has 0 aliphatic rings. The highest BCUT2D eigenvalue weighted by atomic mass is 32.1. The number of nitrogens with zero attached hydrogens (tertiary/aromatic N) is 3. The minimum atomic E-state index is -0.167. The Morgan fingerprint density at radius 1 is 1.06 bits per heavy atom. The SMILES string of the molecule is COc1ccc(CCN(Cc2cccs2)C(=O)CN(C(=O)N(C)C)C(C)C)cc1OC. The van der Waals surface area contributed by atoms with Gasteiger partial charge in [-0.05, 0) is 49.4 Å². The fourth-order valence-electron chi connectivity index (χ4n) is 3.16. The molecule has 2 aromatic rings. The molecule has 0 fully saturated rings. The van der Waals surface area contributed by atoms with Crippen molar-refractivity contribution in [2.75, 3.05) is 41.4 Å². The number of thiophene rings is 1. The van der Waals surface area contributed by atoms with Crippen molar-refractivity contribution in [1.29, 1.82) is 0 Å². The maximum Gasteiger partial charge on any atom is 0.320 e. The topological polar surface area (TPSA) is 62.3 Å². The number of carbonyl (C=O) groups is 2. The van der Waals surface area contributed by atoms with Gasteiger partial charge in [0.25, 0.3) is 0 Å². The van der Waals surface area contributed by atoms with Crippen molar-refractivity contribution < 1.29 is 19.1 Å². The Kier molecular flexibility index (Phi) is 9.18. The van der Waals surface area contributed by atoms with Crippen LogP contribution in [0.3, 0.4) is 0 Å². The molecule has 1 heterocycles. The Balaban J connectivity index is 2.16. The second-order valence-corrected chi connectivity index (χ2v) is 8.76. The molecular formula is C23H33N3O4S. The van der Waals surface area contributed by atoms with Crippen LogP contribution < -0.4 is 9.47 Å². The largest absolute Gasteiger partial charge is 0.493 e. The number of hydrogen-bond donors (Lipinski definition) is 0. The number of ether oxygens (including phenoxy) is 2. The first-order valence-electron chi connectivity index (χ1n) is 10.3. The zero-order chi connectivity index (χ0) is 23.0. The second kappa shape index (κ2) is 11.6. The number of hydrogen-bond acceptors (Lipinski definition) is 5. The Hall–Kier alpha value is -2.74. The molecule has 0 radical (unpaired) electrons. The average Bonchev–Trinajstić information content (AvgIpc) is 3.26. The third kappa shape index (κ3) is 6.89. The van der Waals surface area contributed by atoms with Gasteiger partial charge in [-0.2, -0.15) is 0 Å². The van der Waals surface area contributed by atoms with Crippen LogP contribution in [0.1, 0.15) is 24.3 Å². The molecule has 0 saturated heterocycles. The summed E-state index contributed by atoms with van der Waals surface area (Å²) in [5.41, 5.74) is 1.05. The standard InChI is InChI=1S/C23H33N3O4S/c1-17(2)26(23(28)24(3)4)16-22(27)25(15-19-8-7-13-31-19)12-11-18-9-10-20(29-5)21(14-18)30-6/h7-10,13-14,17H,11-12,15-16H2,1-6H3. The fourth-order valence-corrected chi connectivity index (χ4v) is 3.88. The van der Waals surface area contributed by atoms with Crippen LogP contribution in [0.15, 0.2) is 35.7 Å². The fraction of sp³-hybridized carbons (Fsp3) is 0.478. The van der Waals surface area contributed by atoms with Crippen LogP contribution in [-0.2, 0) is 17.8 Å². The molecule has 0 bridgehead atoms. The van der Waals surface area contributed by atoms with Gasteiger partial charge in [0.15, 0.2) is 11.5 Å². The smallest absolute Gasteiger partial charge is 0.320 e. The van der Waals surface area contributed by atoms with Gasteiger partial charge < -0.3 is 24.2 Å². The minimum absolute atomic E-state index is 0.0476. The van der Waals surface area contributed by atoms with Gasteiger partial charge in [-0.25, -0.2) is 4.79 Å². The van der Waals surface area contributed by atoms with E-state index in [1.54, 1.807) is 44.6 Å². The number of benzene rings is 1. The maximum atomic E-state index is 13.2. The summed E-state index contributed by atoms with van der Waals surface area (Å²) in [7, 11) is 6.61. The molecule has 7 nitrogen and oxygen atoms in total. The van der Waals surface area contributed by atoms with E-state index in [9.17, 15) is 9.59 Å². The number of methoxy groups -OCH3 is 2. The van der Waals surface area contributed by atoms with Crippen molar-refractivity contribution in [3.8, 4) is 11.5 Å². The van der Waals surface area contributed by atoms with Crippen molar-refractivity contribution in [2.24, 2.45) is 0 Å². The Morgan fingerprint density at radius 3 is 2.32 bits per heavy atom. The van der Waals surface area contributed by atoms with Crippen molar-refractivity contribution in [1.82, 2.24) is 14.7 Å². The summed E-state index contributed by atoms with van der Waals surface area (Å²) in [5, 5.41) is 2.00. The highest BCUT2D eigenvalue weighted by Crippen LogP contribution is 2.28. The first kappa shape index (κ1) is 24.5. The lowest BCUT2D eigenvalue weighted by atomic mass is 10.1. The van der Waals surface area contributed by atoms with Gasteiger partial charge >= 0.3 is 6.03 Å². The van der Waals surface area contributed by atoms with Crippen LogP contribution in [0.4, 0.5) is 4.79 Å². The predicted molar refractivity (Wildman–Crippen MR) is 124 cm³/mol. The van der Waals surface area contributed by atoms with E-state index >= 15 is 0 Å². The van der Waals surface area contributed by atoms with Crippen LogP contribution in [0, 0.1) is 0 Å². The van der Waals surface area contributed by atoms with Gasteiger partial charge in [-0.3, -0.25) is 4.79 Å². The van der Waals surface area contributed by atoms with E-state index in [2.05, 4.69) is 0 Å². The maximum absolute atomic E-state index is 13.2. The van der Waals surface area contributed by atoms with E-state index in [4.69, 9.17) is 9.47 Å². The van der Waals surface area contributed by atoms with Crippen molar-refractivity contribution in [2.45, 2.75) is 32.9 Å². The highest BCUT2D eigenvalue weighted by Gasteiger charge is 2.25. The molecule has 8 heteroatoms. The van der Waals surface area contributed by atoms with Gasteiger partial charge in [0.1, 0.15) is 6.54 Å². The normalized spacial score (nSPS) is 10.7. The molecule has 0 aliphatic carbocycles. The minimum Gasteiger partial charge on any atom is -0.493 e. The summed E-state index contributed by atoms with van der Waals surface area (Å²) in [6.07, 6.45) is 0.667.